The molecule has 0 bridgehead atoms. The molecule has 1 aromatic heterocycles. The molecule has 1 aromatic carbocycles. The lowest BCUT2D eigenvalue weighted by molar-refractivity contribution is -0.131. The summed E-state index contributed by atoms with van der Waals surface area (Å²) in [5.41, 5.74) is 2.62. The summed E-state index contributed by atoms with van der Waals surface area (Å²) < 4.78 is 1.92. The van der Waals surface area contributed by atoms with Crippen molar-refractivity contribution in [3.63, 3.8) is 0 Å². The van der Waals surface area contributed by atoms with Crippen LogP contribution in [0, 0.1) is 0 Å². The molecule has 1 amide bonds. The molecule has 1 aliphatic carbocycles. The topological polar surface area (TPSA) is 63.9 Å². The first-order valence-electron chi connectivity index (χ1n) is 9.02. The van der Waals surface area contributed by atoms with Crippen molar-refractivity contribution in [3.05, 3.63) is 35.4 Å². The number of hydrogen-bond donors (Lipinski definition) is 0. The van der Waals surface area contributed by atoms with E-state index in [0.29, 0.717) is 12.6 Å². The largest absolute Gasteiger partial charge is 0.337 e. The first-order chi connectivity index (χ1) is 12.2. The average Bonchev–Trinajstić information content (AvgIpc) is 3.32. The molecule has 1 fully saturated rings. The highest BCUT2D eigenvalue weighted by atomic mass is 32.2. The molecule has 1 unspecified atom stereocenters. The second-order valence-corrected chi connectivity index (χ2v) is 8.19. The number of rotatable bonds is 4. The molecule has 2 aromatic rings. The Labute approximate surface area is 152 Å². The number of nitrogens with zero attached hydrogens (tertiary/aromatic N) is 5. The Hall–Kier alpha value is -1.89. The van der Waals surface area contributed by atoms with Crippen LogP contribution in [0.4, 0.5) is 0 Å². The first kappa shape index (κ1) is 16.6. The highest BCUT2D eigenvalue weighted by Crippen LogP contribution is 2.33. The predicted octanol–water partition coefficient (Wildman–Crippen LogP) is 2.85. The van der Waals surface area contributed by atoms with Gasteiger partial charge in [-0.1, -0.05) is 48.9 Å². The van der Waals surface area contributed by atoms with E-state index in [2.05, 4.69) is 33.7 Å². The van der Waals surface area contributed by atoms with Gasteiger partial charge in [-0.15, -0.1) is 5.10 Å². The molecule has 2 aliphatic rings. The van der Waals surface area contributed by atoms with Gasteiger partial charge < -0.3 is 4.90 Å². The maximum atomic E-state index is 12.9. The second kappa shape index (κ2) is 7.15. The zero-order chi connectivity index (χ0) is 17.2. The molecule has 0 radical (unpaired) electrons. The molecule has 1 aliphatic heterocycles. The number of thioether (sulfide) groups is 1. The Morgan fingerprint density at radius 2 is 2.00 bits per heavy atom. The van der Waals surface area contributed by atoms with Crippen molar-refractivity contribution in [2.75, 3.05) is 6.54 Å². The fourth-order valence-corrected chi connectivity index (χ4v) is 4.73. The summed E-state index contributed by atoms with van der Waals surface area (Å²) >= 11 is 1.48. The van der Waals surface area contributed by atoms with E-state index in [-0.39, 0.29) is 11.2 Å². The quantitative estimate of drug-likeness (QED) is 0.787. The van der Waals surface area contributed by atoms with Crippen LogP contribution in [0.25, 0.3) is 0 Å². The third-order valence-electron chi connectivity index (χ3n) is 5.21. The SMILES string of the molecule is CC(Sc1nnnn1C1CCCC1)C(=O)N1CCc2ccccc2C1. The zero-order valence-corrected chi connectivity index (χ0v) is 15.3. The molecule has 0 saturated heterocycles. The molecule has 1 saturated carbocycles. The van der Waals surface area contributed by atoms with Crippen molar-refractivity contribution in [2.24, 2.45) is 0 Å². The normalized spacial score (nSPS) is 19.0. The molecule has 7 heteroatoms. The number of amides is 1. The predicted molar refractivity (Wildman–Crippen MR) is 96.2 cm³/mol. The number of benzene rings is 1. The van der Waals surface area contributed by atoms with E-state index in [4.69, 9.17) is 0 Å². The molecular weight excluding hydrogens is 334 g/mol. The number of hydrogen-bond acceptors (Lipinski definition) is 5. The van der Waals surface area contributed by atoms with Crippen LogP contribution in [-0.4, -0.2) is 42.8 Å². The maximum Gasteiger partial charge on any atom is 0.236 e. The van der Waals surface area contributed by atoms with E-state index >= 15 is 0 Å². The molecule has 1 atom stereocenters. The Morgan fingerprint density at radius 1 is 1.24 bits per heavy atom. The van der Waals surface area contributed by atoms with Gasteiger partial charge in [0.25, 0.3) is 0 Å². The Kier molecular flexibility index (Phi) is 4.74. The van der Waals surface area contributed by atoms with Crippen molar-refractivity contribution in [1.82, 2.24) is 25.1 Å². The van der Waals surface area contributed by atoms with Gasteiger partial charge >= 0.3 is 0 Å². The standard InChI is InChI=1S/C18H23N5OS/c1-13(25-18-19-20-21-23(18)16-8-4-5-9-16)17(24)22-11-10-14-6-2-3-7-15(14)12-22/h2-3,6-7,13,16H,4-5,8-12H2,1H3. The van der Waals surface area contributed by atoms with Crippen LogP contribution in [-0.2, 0) is 17.8 Å². The fourth-order valence-electron chi connectivity index (χ4n) is 3.79. The lowest BCUT2D eigenvalue weighted by Crippen LogP contribution is -2.40. The van der Waals surface area contributed by atoms with Crippen molar-refractivity contribution in [1.29, 1.82) is 0 Å². The van der Waals surface area contributed by atoms with Gasteiger partial charge in [0.2, 0.25) is 11.1 Å². The molecule has 132 valence electrons. The van der Waals surface area contributed by atoms with Crippen molar-refractivity contribution < 1.29 is 4.79 Å². The number of carbonyl (C=O) groups excluding carboxylic acids is 1. The monoisotopic (exact) mass is 357 g/mol. The van der Waals surface area contributed by atoms with Crippen LogP contribution in [0.2, 0.25) is 0 Å². The number of carbonyl (C=O) groups is 1. The third kappa shape index (κ3) is 3.42. The van der Waals surface area contributed by atoms with Crippen LogP contribution >= 0.6 is 11.8 Å². The van der Waals surface area contributed by atoms with Gasteiger partial charge in [-0.05, 0) is 47.7 Å². The van der Waals surface area contributed by atoms with Gasteiger partial charge in [0.15, 0.2) is 0 Å². The molecule has 2 heterocycles. The van der Waals surface area contributed by atoms with Gasteiger partial charge in [-0.3, -0.25) is 4.79 Å². The number of fused-ring (bicyclic) bond motifs is 1. The van der Waals surface area contributed by atoms with Crippen LogP contribution in [0.5, 0.6) is 0 Å². The molecule has 0 N–H and O–H groups in total. The molecule has 4 rings (SSSR count). The van der Waals surface area contributed by atoms with Crippen molar-refractivity contribution in [2.45, 2.75) is 62.0 Å². The first-order valence-corrected chi connectivity index (χ1v) is 9.90. The summed E-state index contributed by atoms with van der Waals surface area (Å²) in [4.78, 5) is 14.9. The minimum atomic E-state index is -0.184. The van der Waals surface area contributed by atoms with Crippen LogP contribution in [0.3, 0.4) is 0 Å². The molecule has 0 spiro atoms. The van der Waals surface area contributed by atoms with Gasteiger partial charge in [-0.25, -0.2) is 4.68 Å². The highest BCUT2D eigenvalue weighted by Gasteiger charge is 2.28. The number of tetrazole rings is 1. The van der Waals surface area contributed by atoms with Gasteiger partial charge in [0, 0.05) is 13.1 Å². The molecule has 6 nitrogen and oxygen atoms in total. The van der Waals surface area contributed by atoms with E-state index in [1.807, 2.05) is 22.6 Å². The van der Waals surface area contributed by atoms with E-state index < -0.39 is 0 Å². The fraction of sp³-hybridized carbons (Fsp3) is 0.556. The lowest BCUT2D eigenvalue weighted by atomic mass is 10.00. The molecule has 25 heavy (non-hydrogen) atoms. The Morgan fingerprint density at radius 3 is 2.80 bits per heavy atom. The summed E-state index contributed by atoms with van der Waals surface area (Å²) in [5.74, 6) is 0.167. The summed E-state index contributed by atoms with van der Waals surface area (Å²) in [6, 6.07) is 8.78. The van der Waals surface area contributed by atoms with E-state index in [1.54, 1.807) is 0 Å². The average molecular weight is 357 g/mol. The van der Waals surface area contributed by atoms with E-state index in [1.165, 1.54) is 35.7 Å². The van der Waals surface area contributed by atoms with Crippen LogP contribution in [0.15, 0.2) is 29.4 Å². The summed E-state index contributed by atoms with van der Waals surface area (Å²) in [6.45, 7) is 3.45. The Balaban J connectivity index is 1.43. The van der Waals surface area contributed by atoms with Crippen molar-refractivity contribution in [3.8, 4) is 0 Å². The third-order valence-corrected chi connectivity index (χ3v) is 6.24. The number of aromatic nitrogens is 4. The minimum Gasteiger partial charge on any atom is -0.337 e. The van der Waals surface area contributed by atoms with Gasteiger partial charge in [0.1, 0.15) is 0 Å². The highest BCUT2D eigenvalue weighted by molar-refractivity contribution is 8.00. The summed E-state index contributed by atoms with van der Waals surface area (Å²) in [7, 11) is 0. The Bertz CT molecular complexity index is 755. The van der Waals surface area contributed by atoms with Crippen LogP contribution < -0.4 is 0 Å². The smallest absolute Gasteiger partial charge is 0.236 e. The van der Waals surface area contributed by atoms with Crippen molar-refractivity contribution >= 4 is 17.7 Å². The molecular formula is C18H23N5OS. The van der Waals surface area contributed by atoms with E-state index in [0.717, 1.165) is 31.0 Å². The van der Waals surface area contributed by atoms with Gasteiger partial charge in [-0.2, -0.15) is 0 Å². The van der Waals surface area contributed by atoms with E-state index in [9.17, 15) is 4.79 Å². The minimum absolute atomic E-state index is 0.167. The maximum absolute atomic E-state index is 12.9. The van der Waals surface area contributed by atoms with Gasteiger partial charge in [0.05, 0.1) is 11.3 Å². The second-order valence-electron chi connectivity index (χ2n) is 6.88. The zero-order valence-electron chi connectivity index (χ0n) is 14.5. The summed E-state index contributed by atoms with van der Waals surface area (Å²) in [6.07, 6.45) is 5.65. The van der Waals surface area contributed by atoms with Crippen LogP contribution in [0.1, 0.15) is 49.8 Å². The summed E-state index contributed by atoms with van der Waals surface area (Å²) in [5, 5.41) is 12.7. The lowest BCUT2D eigenvalue weighted by Gasteiger charge is -2.30.